The van der Waals surface area contributed by atoms with E-state index in [1.165, 1.54) is 11.1 Å². The van der Waals surface area contributed by atoms with E-state index in [0.717, 1.165) is 19.3 Å². The number of carbonyl (C=O) groups is 3. The Labute approximate surface area is 211 Å². The number of fused-ring (bicyclic) bond motifs is 3. The second kappa shape index (κ2) is 10.3. The molecular weight excluding hydrogens is 458 g/mol. The van der Waals surface area contributed by atoms with Crippen LogP contribution in [0.2, 0.25) is 0 Å². The first kappa shape index (κ1) is 24.3. The zero-order chi connectivity index (χ0) is 25.2. The zero-order valence-electron chi connectivity index (χ0n) is 20.8. The minimum Gasteiger partial charge on any atom is -0.490 e. The van der Waals surface area contributed by atoms with Crippen LogP contribution in [0.15, 0.2) is 42.5 Å². The van der Waals surface area contributed by atoms with E-state index >= 15 is 0 Å². The number of rotatable bonds is 5. The maximum absolute atomic E-state index is 13.3. The van der Waals surface area contributed by atoms with Crippen molar-refractivity contribution in [2.75, 3.05) is 19.0 Å². The molecule has 0 aromatic heterocycles. The van der Waals surface area contributed by atoms with Gasteiger partial charge in [0.25, 0.3) is 5.91 Å². The second-order valence-corrected chi connectivity index (χ2v) is 9.93. The van der Waals surface area contributed by atoms with E-state index in [4.69, 9.17) is 9.47 Å². The number of likely N-dealkylation sites (N-methyl/N-ethyl adjacent to an activating group) is 1. The van der Waals surface area contributed by atoms with Gasteiger partial charge in [-0.3, -0.25) is 14.4 Å². The van der Waals surface area contributed by atoms with Crippen LogP contribution in [-0.2, 0) is 27.2 Å². The summed E-state index contributed by atoms with van der Waals surface area (Å²) in [6.07, 6.45) is 3.26. The second-order valence-electron chi connectivity index (χ2n) is 9.93. The van der Waals surface area contributed by atoms with E-state index < -0.39 is 0 Å². The molecule has 2 aromatic rings. The third-order valence-corrected chi connectivity index (χ3v) is 7.45. The average molecular weight is 492 g/mol. The Kier molecular flexibility index (Phi) is 6.96. The molecule has 0 spiro atoms. The number of hydrogen-bond donors (Lipinski definition) is 2. The standard InChI is InChI=1S/C28H33N3O5/c1-3-26(32)29-19-8-11-24-22(14-19)28(34)31(2)23-10-9-21(36-25(23)16-35-24)15-27(33)30-20-12-17-6-4-5-7-18(17)13-20/h4-8,11,14,20-21,23,25H,3,9-10,12-13,15-16H2,1-2H3,(H,29,32)(H,30,33)/t21-,23-,25+/m1/s1. The largest absolute Gasteiger partial charge is 0.490 e. The van der Waals surface area contributed by atoms with E-state index in [0.29, 0.717) is 36.3 Å². The molecule has 1 aliphatic carbocycles. The summed E-state index contributed by atoms with van der Waals surface area (Å²) in [6, 6.07) is 13.4. The molecule has 3 aliphatic rings. The Morgan fingerprint density at radius 3 is 2.53 bits per heavy atom. The minimum absolute atomic E-state index is 0.000508. The van der Waals surface area contributed by atoms with Crippen molar-refractivity contribution in [2.24, 2.45) is 0 Å². The first-order valence-corrected chi connectivity index (χ1v) is 12.8. The third-order valence-electron chi connectivity index (χ3n) is 7.45. The lowest BCUT2D eigenvalue weighted by atomic mass is 9.94. The number of nitrogens with one attached hydrogen (secondary N) is 2. The van der Waals surface area contributed by atoms with Gasteiger partial charge in [0.2, 0.25) is 11.8 Å². The number of anilines is 1. The van der Waals surface area contributed by atoms with Crippen LogP contribution in [0, 0.1) is 0 Å². The van der Waals surface area contributed by atoms with Gasteiger partial charge in [-0.2, -0.15) is 0 Å². The van der Waals surface area contributed by atoms with E-state index in [9.17, 15) is 14.4 Å². The molecule has 0 unspecified atom stereocenters. The van der Waals surface area contributed by atoms with Crippen LogP contribution in [0.25, 0.3) is 0 Å². The van der Waals surface area contributed by atoms with Crippen molar-refractivity contribution in [3.63, 3.8) is 0 Å². The van der Waals surface area contributed by atoms with Crippen LogP contribution in [0.1, 0.15) is 54.1 Å². The molecule has 0 bridgehead atoms. The predicted octanol–water partition coefficient (Wildman–Crippen LogP) is 3.09. The number of hydrogen-bond acceptors (Lipinski definition) is 5. The highest BCUT2D eigenvalue weighted by atomic mass is 16.5. The summed E-state index contributed by atoms with van der Waals surface area (Å²) >= 11 is 0. The fourth-order valence-corrected chi connectivity index (χ4v) is 5.51. The van der Waals surface area contributed by atoms with E-state index in [2.05, 4.69) is 22.8 Å². The van der Waals surface area contributed by atoms with Crippen LogP contribution < -0.4 is 15.4 Å². The summed E-state index contributed by atoms with van der Waals surface area (Å²) in [5, 5.41) is 5.97. The molecule has 2 aliphatic heterocycles. The van der Waals surface area contributed by atoms with Crippen molar-refractivity contribution in [3.8, 4) is 5.75 Å². The number of ether oxygens (including phenoxy) is 2. The Morgan fingerprint density at radius 1 is 1.06 bits per heavy atom. The van der Waals surface area contributed by atoms with Crippen LogP contribution in [0.4, 0.5) is 5.69 Å². The molecule has 36 heavy (non-hydrogen) atoms. The van der Waals surface area contributed by atoms with E-state index in [1.807, 2.05) is 12.1 Å². The van der Waals surface area contributed by atoms with Gasteiger partial charge in [-0.25, -0.2) is 0 Å². The normalized spacial score (nSPS) is 23.4. The molecular formula is C28H33N3O5. The smallest absolute Gasteiger partial charge is 0.257 e. The van der Waals surface area contributed by atoms with Gasteiger partial charge in [-0.15, -0.1) is 0 Å². The molecule has 3 atom stereocenters. The lowest BCUT2D eigenvalue weighted by Crippen LogP contribution is -2.54. The number of nitrogens with zero attached hydrogens (tertiary/aromatic N) is 1. The van der Waals surface area contributed by atoms with Crippen molar-refractivity contribution < 1.29 is 23.9 Å². The topological polar surface area (TPSA) is 97.0 Å². The Bertz CT molecular complexity index is 1140. The number of amides is 3. The van der Waals surface area contributed by atoms with Crippen LogP contribution in [-0.4, -0.2) is 60.6 Å². The molecule has 8 heteroatoms. The molecule has 2 heterocycles. The maximum Gasteiger partial charge on any atom is 0.257 e. The fourth-order valence-electron chi connectivity index (χ4n) is 5.51. The molecule has 2 aromatic carbocycles. The van der Waals surface area contributed by atoms with Crippen molar-refractivity contribution in [2.45, 2.75) is 69.7 Å². The van der Waals surface area contributed by atoms with Crippen molar-refractivity contribution >= 4 is 23.4 Å². The van der Waals surface area contributed by atoms with Crippen molar-refractivity contribution in [1.82, 2.24) is 10.2 Å². The van der Waals surface area contributed by atoms with Gasteiger partial charge in [0.1, 0.15) is 18.5 Å². The molecule has 2 N–H and O–H groups in total. The molecule has 0 saturated carbocycles. The summed E-state index contributed by atoms with van der Waals surface area (Å²) < 4.78 is 12.3. The van der Waals surface area contributed by atoms with Gasteiger partial charge < -0.3 is 25.0 Å². The Morgan fingerprint density at radius 2 is 1.81 bits per heavy atom. The van der Waals surface area contributed by atoms with Crippen molar-refractivity contribution in [1.29, 1.82) is 0 Å². The van der Waals surface area contributed by atoms with Gasteiger partial charge in [-0.1, -0.05) is 31.2 Å². The fraction of sp³-hybridized carbons (Fsp3) is 0.464. The molecule has 8 nitrogen and oxygen atoms in total. The van der Waals surface area contributed by atoms with Gasteiger partial charge >= 0.3 is 0 Å². The first-order chi connectivity index (χ1) is 17.4. The van der Waals surface area contributed by atoms with Crippen molar-refractivity contribution in [3.05, 3.63) is 59.2 Å². The summed E-state index contributed by atoms with van der Waals surface area (Å²) in [4.78, 5) is 39.6. The monoisotopic (exact) mass is 491 g/mol. The molecule has 1 fully saturated rings. The number of benzene rings is 2. The molecule has 1 saturated heterocycles. The lowest BCUT2D eigenvalue weighted by Gasteiger charge is -2.42. The zero-order valence-corrected chi connectivity index (χ0v) is 20.8. The predicted molar refractivity (Wildman–Crippen MR) is 135 cm³/mol. The molecule has 3 amide bonds. The van der Waals surface area contributed by atoms with Crippen LogP contribution >= 0.6 is 0 Å². The van der Waals surface area contributed by atoms with Gasteiger partial charge in [0.15, 0.2) is 0 Å². The van der Waals surface area contributed by atoms with Gasteiger partial charge in [0, 0.05) is 25.2 Å². The quantitative estimate of drug-likeness (QED) is 0.670. The summed E-state index contributed by atoms with van der Waals surface area (Å²) in [5.41, 5.74) is 3.60. The summed E-state index contributed by atoms with van der Waals surface area (Å²) in [7, 11) is 1.78. The minimum atomic E-state index is -0.325. The molecule has 0 radical (unpaired) electrons. The van der Waals surface area contributed by atoms with E-state index in [-0.39, 0.29) is 48.6 Å². The average Bonchev–Trinajstić information content (AvgIpc) is 3.28. The summed E-state index contributed by atoms with van der Waals surface area (Å²) in [6.45, 7) is 2.06. The van der Waals surface area contributed by atoms with Gasteiger partial charge in [0.05, 0.1) is 24.1 Å². The highest BCUT2D eigenvalue weighted by Crippen LogP contribution is 2.32. The highest BCUT2D eigenvalue weighted by Gasteiger charge is 2.39. The Hall–Kier alpha value is -3.39. The Balaban J connectivity index is 1.20. The molecule has 190 valence electrons. The highest BCUT2D eigenvalue weighted by molar-refractivity contribution is 5.99. The van der Waals surface area contributed by atoms with Crippen LogP contribution in [0.5, 0.6) is 5.75 Å². The third kappa shape index (κ3) is 5.09. The maximum atomic E-state index is 13.3. The first-order valence-electron chi connectivity index (χ1n) is 12.8. The summed E-state index contributed by atoms with van der Waals surface area (Å²) in [5.74, 6) is 0.173. The lowest BCUT2D eigenvalue weighted by molar-refractivity contribution is -0.134. The van der Waals surface area contributed by atoms with Crippen LogP contribution in [0.3, 0.4) is 0 Å². The molecule has 5 rings (SSSR count). The SMILES string of the molecule is CCC(=O)Nc1ccc2c(c1)C(=O)N(C)[C@@H]1CC[C@H](CC(=O)NC3Cc4ccccc4C3)O[C@H]1CO2. The number of carbonyl (C=O) groups excluding carboxylic acids is 3. The van der Waals surface area contributed by atoms with E-state index in [1.54, 1.807) is 37.1 Å². The van der Waals surface area contributed by atoms with Gasteiger partial charge in [-0.05, 0) is 55.0 Å².